The molecule has 1 fully saturated rings. The molecule has 0 saturated carbocycles. The molecule has 1 aromatic carbocycles. The molecule has 3 aromatic rings. The first-order valence-corrected chi connectivity index (χ1v) is 7.50. The van der Waals surface area contributed by atoms with Gasteiger partial charge in [-0.2, -0.15) is 14.6 Å². The van der Waals surface area contributed by atoms with Crippen molar-refractivity contribution in [2.75, 3.05) is 11.4 Å². The Morgan fingerprint density at radius 1 is 1.26 bits per heavy atom. The van der Waals surface area contributed by atoms with Gasteiger partial charge < -0.3 is 10.0 Å². The lowest BCUT2D eigenvalue weighted by Gasteiger charge is -2.24. The summed E-state index contributed by atoms with van der Waals surface area (Å²) in [5.74, 6) is 0.377. The predicted octanol–water partition coefficient (Wildman–Crippen LogP) is 1.84. The molecule has 116 valence electrons. The third kappa shape index (κ3) is 2.30. The highest BCUT2D eigenvalue weighted by atomic mass is 16.4. The molecule has 7 heteroatoms. The van der Waals surface area contributed by atoms with Crippen molar-refractivity contribution in [1.29, 1.82) is 0 Å². The van der Waals surface area contributed by atoms with E-state index in [0.29, 0.717) is 18.7 Å². The number of rotatable bonds is 3. The normalized spacial score (nSPS) is 17.7. The van der Waals surface area contributed by atoms with Crippen LogP contribution in [0.15, 0.2) is 42.7 Å². The summed E-state index contributed by atoms with van der Waals surface area (Å²) >= 11 is 0. The van der Waals surface area contributed by atoms with Crippen molar-refractivity contribution < 1.29 is 9.90 Å². The highest BCUT2D eigenvalue weighted by Gasteiger charge is 2.32. The van der Waals surface area contributed by atoms with E-state index in [1.807, 2.05) is 41.3 Å². The number of carbonyl (C=O) groups is 1. The molecule has 2 aromatic heterocycles. The predicted molar refractivity (Wildman–Crippen MR) is 84.2 cm³/mol. The van der Waals surface area contributed by atoms with Gasteiger partial charge in [0.2, 0.25) is 0 Å². The highest BCUT2D eigenvalue weighted by molar-refractivity contribution is 5.79. The van der Waals surface area contributed by atoms with Gasteiger partial charge in [0, 0.05) is 18.2 Å². The second kappa shape index (κ2) is 5.35. The van der Waals surface area contributed by atoms with Crippen LogP contribution in [0.5, 0.6) is 0 Å². The Morgan fingerprint density at radius 2 is 2.09 bits per heavy atom. The van der Waals surface area contributed by atoms with E-state index in [1.54, 1.807) is 4.52 Å². The summed E-state index contributed by atoms with van der Waals surface area (Å²) in [6.45, 7) is 0.685. The summed E-state index contributed by atoms with van der Waals surface area (Å²) in [6.07, 6.45) is 2.91. The molecular weight excluding hydrogens is 294 g/mol. The molecule has 0 aliphatic carbocycles. The number of anilines is 1. The van der Waals surface area contributed by atoms with Crippen molar-refractivity contribution in [3.63, 3.8) is 0 Å². The van der Waals surface area contributed by atoms with Gasteiger partial charge in [0.25, 0.3) is 5.78 Å². The van der Waals surface area contributed by atoms with Gasteiger partial charge in [-0.1, -0.05) is 30.3 Å². The van der Waals surface area contributed by atoms with E-state index in [-0.39, 0.29) is 0 Å². The summed E-state index contributed by atoms with van der Waals surface area (Å²) in [4.78, 5) is 22.1. The molecular formula is C16H15N5O2. The molecule has 1 aliphatic heterocycles. The van der Waals surface area contributed by atoms with E-state index in [4.69, 9.17) is 0 Å². The van der Waals surface area contributed by atoms with Gasteiger partial charge in [-0.3, -0.25) is 0 Å². The van der Waals surface area contributed by atoms with Crippen molar-refractivity contribution in [2.24, 2.45) is 0 Å². The number of hydrogen-bond acceptors (Lipinski definition) is 5. The zero-order chi connectivity index (χ0) is 15.8. The lowest BCUT2D eigenvalue weighted by Crippen LogP contribution is -2.37. The van der Waals surface area contributed by atoms with Gasteiger partial charge in [-0.05, 0) is 12.8 Å². The lowest BCUT2D eigenvalue weighted by atomic mass is 10.1. The minimum atomic E-state index is -0.811. The van der Waals surface area contributed by atoms with E-state index in [0.717, 1.165) is 23.5 Å². The smallest absolute Gasteiger partial charge is 0.326 e. The van der Waals surface area contributed by atoms with Crippen molar-refractivity contribution >= 4 is 17.6 Å². The molecule has 1 aliphatic rings. The molecule has 0 bridgehead atoms. The molecule has 4 rings (SSSR count). The summed E-state index contributed by atoms with van der Waals surface area (Å²) in [7, 11) is 0. The Labute approximate surface area is 132 Å². The van der Waals surface area contributed by atoms with E-state index >= 15 is 0 Å². The molecule has 3 heterocycles. The topological polar surface area (TPSA) is 83.6 Å². The van der Waals surface area contributed by atoms with E-state index < -0.39 is 12.0 Å². The number of carboxylic acids is 1. The minimum Gasteiger partial charge on any atom is -0.480 e. The number of fused-ring (bicyclic) bond motifs is 1. The Hall–Kier alpha value is -2.96. The van der Waals surface area contributed by atoms with Crippen LogP contribution in [0.4, 0.5) is 5.82 Å². The number of aliphatic carboxylic acids is 1. The second-order valence-electron chi connectivity index (χ2n) is 5.53. The number of benzene rings is 1. The van der Waals surface area contributed by atoms with Crippen molar-refractivity contribution in [1.82, 2.24) is 19.6 Å². The first-order valence-electron chi connectivity index (χ1n) is 7.50. The molecule has 0 amide bonds. The van der Waals surface area contributed by atoms with Gasteiger partial charge in [0.15, 0.2) is 0 Å². The molecule has 0 radical (unpaired) electrons. The van der Waals surface area contributed by atoms with Crippen LogP contribution in [-0.4, -0.2) is 43.2 Å². The molecule has 23 heavy (non-hydrogen) atoms. The fraction of sp³-hybridized carbons (Fsp3) is 0.250. The number of nitrogens with zero attached hydrogens (tertiary/aromatic N) is 5. The van der Waals surface area contributed by atoms with E-state index in [2.05, 4.69) is 15.1 Å². The summed E-state index contributed by atoms with van der Waals surface area (Å²) in [6, 6.07) is 11.1. The van der Waals surface area contributed by atoms with E-state index in [9.17, 15) is 9.90 Å². The average molecular weight is 309 g/mol. The maximum atomic E-state index is 11.5. The maximum absolute atomic E-state index is 11.5. The van der Waals surface area contributed by atoms with Gasteiger partial charge in [-0.15, -0.1) is 0 Å². The minimum absolute atomic E-state index is 0.470. The van der Waals surface area contributed by atoms with Crippen LogP contribution >= 0.6 is 0 Å². The molecule has 1 atom stereocenters. The van der Waals surface area contributed by atoms with Crippen molar-refractivity contribution in [3.05, 3.63) is 42.7 Å². The standard InChI is InChI=1S/C16H15N5O2/c22-15(23)13-7-4-8-20(13)14-9-12(11-5-2-1-3-6-11)19-16-17-10-18-21(14)16/h1-3,5-6,9-10,13H,4,7-8H2,(H,22,23). The first-order chi connectivity index (χ1) is 11.2. The summed E-state index contributed by atoms with van der Waals surface area (Å²) < 4.78 is 1.60. The number of carboxylic acid groups (broad SMARTS) is 1. The summed E-state index contributed by atoms with van der Waals surface area (Å²) in [5, 5.41) is 13.7. The second-order valence-corrected chi connectivity index (χ2v) is 5.53. The Balaban J connectivity index is 1.88. The van der Waals surface area contributed by atoms with Crippen LogP contribution in [0.2, 0.25) is 0 Å². The summed E-state index contributed by atoms with van der Waals surface area (Å²) in [5.41, 5.74) is 1.72. The zero-order valence-electron chi connectivity index (χ0n) is 12.3. The number of hydrogen-bond donors (Lipinski definition) is 1. The van der Waals surface area contributed by atoms with Crippen LogP contribution < -0.4 is 4.90 Å². The van der Waals surface area contributed by atoms with Crippen LogP contribution in [-0.2, 0) is 4.79 Å². The van der Waals surface area contributed by atoms with E-state index in [1.165, 1.54) is 6.33 Å². The SMILES string of the molecule is O=C(O)C1CCCN1c1cc(-c2ccccc2)nc2ncnn12. The van der Waals surface area contributed by atoms with Crippen molar-refractivity contribution in [3.8, 4) is 11.3 Å². The Bertz CT molecular complexity index is 861. The lowest BCUT2D eigenvalue weighted by molar-refractivity contribution is -0.138. The molecule has 1 unspecified atom stereocenters. The fourth-order valence-corrected chi connectivity index (χ4v) is 3.06. The van der Waals surface area contributed by atoms with Crippen molar-refractivity contribution in [2.45, 2.75) is 18.9 Å². The van der Waals surface area contributed by atoms with Gasteiger partial charge >= 0.3 is 5.97 Å². The van der Waals surface area contributed by atoms with Gasteiger partial charge in [-0.25, -0.2) is 9.78 Å². The van der Waals surface area contributed by atoms with Crippen LogP contribution in [0.1, 0.15) is 12.8 Å². The zero-order valence-corrected chi connectivity index (χ0v) is 12.3. The molecule has 1 N–H and O–H groups in total. The largest absolute Gasteiger partial charge is 0.480 e. The molecule has 1 saturated heterocycles. The van der Waals surface area contributed by atoms with Crippen LogP contribution in [0, 0.1) is 0 Å². The quantitative estimate of drug-likeness (QED) is 0.795. The first kappa shape index (κ1) is 13.7. The van der Waals surface area contributed by atoms with Crippen LogP contribution in [0.3, 0.4) is 0 Å². The highest BCUT2D eigenvalue weighted by Crippen LogP contribution is 2.29. The third-order valence-electron chi connectivity index (χ3n) is 4.13. The molecule has 0 spiro atoms. The fourth-order valence-electron chi connectivity index (χ4n) is 3.06. The Morgan fingerprint density at radius 3 is 2.87 bits per heavy atom. The third-order valence-corrected chi connectivity index (χ3v) is 4.13. The monoisotopic (exact) mass is 309 g/mol. The average Bonchev–Trinajstić information content (AvgIpc) is 3.23. The maximum Gasteiger partial charge on any atom is 0.326 e. The Kier molecular flexibility index (Phi) is 3.18. The molecule has 7 nitrogen and oxygen atoms in total. The van der Waals surface area contributed by atoms with Crippen LogP contribution in [0.25, 0.3) is 17.0 Å². The number of aromatic nitrogens is 4. The van der Waals surface area contributed by atoms with Gasteiger partial charge in [0.1, 0.15) is 18.2 Å². The van der Waals surface area contributed by atoms with Gasteiger partial charge in [0.05, 0.1) is 5.69 Å².